The summed E-state index contributed by atoms with van der Waals surface area (Å²) in [4.78, 5) is 54.8. The lowest BCUT2D eigenvalue weighted by atomic mass is 9.53. The smallest absolute Gasteiger partial charge is 0.352 e. The van der Waals surface area contributed by atoms with Crippen LogP contribution in [0.4, 0.5) is 4.39 Å². The summed E-state index contributed by atoms with van der Waals surface area (Å²) in [5, 5.41) is 0. The first-order valence-electron chi connectivity index (χ1n) is 13.3. The minimum atomic E-state index is -1.50. The second kappa shape index (κ2) is 9.52. The number of allylic oxidation sites excluding steroid dienone is 2. The monoisotopic (exact) mass is 631 g/mol. The molecule has 1 saturated heterocycles. The van der Waals surface area contributed by atoms with Crippen molar-refractivity contribution in [3.8, 4) is 11.4 Å². The summed E-state index contributed by atoms with van der Waals surface area (Å²) < 4.78 is 29.2. The Morgan fingerprint density at radius 2 is 1.71 bits per heavy atom. The van der Waals surface area contributed by atoms with Gasteiger partial charge in [0.15, 0.2) is 0 Å². The van der Waals surface area contributed by atoms with E-state index >= 15 is 0 Å². The van der Waals surface area contributed by atoms with Gasteiger partial charge in [-0.25, -0.2) is 27.9 Å². The number of cyclic esters (lactones) is 2. The summed E-state index contributed by atoms with van der Waals surface area (Å²) >= 11 is 3.27. The van der Waals surface area contributed by atoms with E-state index in [9.17, 15) is 23.6 Å². The number of hydrogen-bond acceptors (Lipinski definition) is 6. The van der Waals surface area contributed by atoms with E-state index in [0.29, 0.717) is 28.1 Å². The predicted octanol–water partition coefficient (Wildman–Crippen LogP) is 4.02. The Morgan fingerprint density at radius 1 is 0.976 bits per heavy atom. The number of carbonyl (C=O) groups is 2. The standard InChI is InChI=1S/C31H23BrFN3O6/c1-41-20-10-8-18(9-11-20)31-22(27(37)42-28(31)38)16-25-21(26(31)17-7-12-24(33)23(32)15-17)13-14-34-29(39)35(30(40)36(25)34)19-5-3-2-4-6-19/h2-13,15,22,25-26H,14,16H2,1H3. The number of rotatable bonds is 4. The molecule has 1 aliphatic carbocycles. The van der Waals surface area contributed by atoms with E-state index in [2.05, 4.69) is 15.9 Å². The van der Waals surface area contributed by atoms with Crippen molar-refractivity contribution in [2.75, 3.05) is 7.11 Å². The van der Waals surface area contributed by atoms with Gasteiger partial charge >= 0.3 is 23.3 Å². The Balaban J connectivity index is 1.49. The van der Waals surface area contributed by atoms with Crippen LogP contribution in [0.15, 0.2) is 98.5 Å². The minimum absolute atomic E-state index is 0.0411. The highest BCUT2D eigenvalue weighted by Gasteiger charge is 2.67. The summed E-state index contributed by atoms with van der Waals surface area (Å²) in [5.41, 5.74) is -0.406. The lowest BCUT2D eigenvalue weighted by molar-refractivity contribution is -0.154. The number of benzene rings is 3. The SMILES string of the molecule is COc1ccc(C23C(=O)OC(=O)C2CC2C(=CCn4c(=O)n(-c5ccccc5)c(=O)n42)C3c2ccc(F)c(Br)c2)cc1. The maximum Gasteiger partial charge on any atom is 0.352 e. The number of nitrogens with zero attached hydrogens (tertiary/aromatic N) is 3. The zero-order valence-electron chi connectivity index (χ0n) is 22.2. The van der Waals surface area contributed by atoms with Crippen molar-refractivity contribution in [2.24, 2.45) is 5.92 Å². The molecule has 2 fully saturated rings. The van der Waals surface area contributed by atoms with Gasteiger partial charge in [-0.1, -0.05) is 42.5 Å². The molecule has 42 heavy (non-hydrogen) atoms. The summed E-state index contributed by atoms with van der Waals surface area (Å²) in [7, 11) is 1.53. The summed E-state index contributed by atoms with van der Waals surface area (Å²) in [6, 6.07) is 19.2. The highest BCUT2D eigenvalue weighted by atomic mass is 79.9. The van der Waals surface area contributed by atoms with Crippen LogP contribution in [-0.2, 0) is 26.3 Å². The molecule has 1 saturated carbocycles. The molecular weight excluding hydrogens is 609 g/mol. The average Bonchev–Trinajstić information content (AvgIpc) is 3.42. The average molecular weight is 632 g/mol. The quantitative estimate of drug-likeness (QED) is 0.192. The van der Waals surface area contributed by atoms with Gasteiger partial charge in [0.05, 0.1) is 35.8 Å². The molecule has 0 amide bonds. The molecule has 3 heterocycles. The van der Waals surface area contributed by atoms with Gasteiger partial charge in [-0.3, -0.25) is 9.59 Å². The first-order chi connectivity index (χ1) is 20.3. The lowest BCUT2D eigenvalue weighted by Crippen LogP contribution is -2.52. The normalized spacial score (nSPS) is 24.4. The Morgan fingerprint density at radius 3 is 2.40 bits per heavy atom. The zero-order chi connectivity index (χ0) is 29.3. The number of fused-ring (bicyclic) bond motifs is 4. The van der Waals surface area contributed by atoms with Gasteiger partial charge in [-0.2, -0.15) is 0 Å². The summed E-state index contributed by atoms with van der Waals surface area (Å²) in [5.74, 6) is -3.17. The Bertz CT molecular complexity index is 1930. The molecule has 7 rings (SSSR count). The Kier molecular flexibility index (Phi) is 5.98. The molecule has 212 valence electrons. The van der Waals surface area contributed by atoms with Crippen molar-refractivity contribution >= 4 is 27.9 Å². The van der Waals surface area contributed by atoms with E-state index in [1.165, 1.54) is 22.5 Å². The largest absolute Gasteiger partial charge is 0.497 e. The fourth-order valence-electron chi connectivity index (χ4n) is 6.94. The maximum absolute atomic E-state index is 14.5. The molecule has 0 radical (unpaired) electrons. The molecule has 0 N–H and O–H groups in total. The second-order valence-corrected chi connectivity index (χ2v) is 11.4. The predicted molar refractivity (Wildman–Crippen MR) is 152 cm³/mol. The number of methoxy groups -OCH3 is 1. The van der Waals surface area contributed by atoms with Crippen LogP contribution in [-0.4, -0.2) is 33.0 Å². The maximum atomic E-state index is 14.5. The second-order valence-electron chi connectivity index (χ2n) is 10.6. The van der Waals surface area contributed by atoms with E-state index in [1.54, 1.807) is 66.7 Å². The van der Waals surface area contributed by atoms with E-state index in [-0.39, 0.29) is 17.4 Å². The van der Waals surface area contributed by atoms with Gasteiger partial charge in [-0.05, 0) is 75.4 Å². The molecule has 4 unspecified atom stereocenters. The van der Waals surface area contributed by atoms with Crippen molar-refractivity contribution < 1.29 is 23.5 Å². The number of carbonyl (C=O) groups excluding carboxylic acids is 2. The van der Waals surface area contributed by atoms with Crippen molar-refractivity contribution in [3.63, 3.8) is 0 Å². The van der Waals surface area contributed by atoms with Crippen molar-refractivity contribution in [1.82, 2.24) is 13.9 Å². The van der Waals surface area contributed by atoms with Crippen LogP contribution in [0.3, 0.4) is 0 Å². The fourth-order valence-corrected chi connectivity index (χ4v) is 7.33. The van der Waals surface area contributed by atoms with E-state index in [0.717, 1.165) is 4.57 Å². The number of aromatic nitrogens is 3. The first kappa shape index (κ1) is 26.4. The highest BCUT2D eigenvalue weighted by Crippen LogP contribution is 2.61. The van der Waals surface area contributed by atoms with Gasteiger partial charge < -0.3 is 9.47 Å². The summed E-state index contributed by atoms with van der Waals surface area (Å²) in [6.07, 6.45) is 1.87. The number of halogens is 2. The molecular formula is C31H23BrFN3O6. The Labute approximate surface area is 246 Å². The van der Waals surface area contributed by atoms with Crippen molar-refractivity contribution in [3.05, 3.63) is 127 Å². The molecule has 2 aliphatic heterocycles. The van der Waals surface area contributed by atoms with Crippen LogP contribution in [0.1, 0.15) is 29.5 Å². The van der Waals surface area contributed by atoms with Crippen LogP contribution < -0.4 is 16.1 Å². The molecule has 3 aromatic carbocycles. The number of hydrogen-bond donors (Lipinski definition) is 0. The molecule has 4 aromatic rings. The van der Waals surface area contributed by atoms with Gasteiger partial charge in [0.25, 0.3) is 0 Å². The third-order valence-corrected chi connectivity index (χ3v) is 9.32. The van der Waals surface area contributed by atoms with E-state index < -0.39 is 52.4 Å². The molecule has 11 heteroatoms. The molecule has 0 bridgehead atoms. The highest BCUT2D eigenvalue weighted by molar-refractivity contribution is 9.10. The van der Waals surface area contributed by atoms with Crippen LogP contribution in [0.25, 0.3) is 5.69 Å². The van der Waals surface area contributed by atoms with Gasteiger partial charge in [0, 0.05) is 5.92 Å². The van der Waals surface area contributed by atoms with Gasteiger partial charge in [0.1, 0.15) is 17.0 Å². The fraction of sp³-hybridized carbons (Fsp3) is 0.226. The topological polar surface area (TPSA) is 102 Å². The molecule has 3 aliphatic rings. The third-order valence-electron chi connectivity index (χ3n) is 8.71. The summed E-state index contributed by atoms with van der Waals surface area (Å²) in [6.45, 7) is 0.0605. The van der Waals surface area contributed by atoms with E-state index in [1.807, 2.05) is 6.08 Å². The van der Waals surface area contributed by atoms with Crippen molar-refractivity contribution in [1.29, 1.82) is 0 Å². The van der Waals surface area contributed by atoms with Crippen LogP contribution in [0.5, 0.6) is 5.75 Å². The van der Waals surface area contributed by atoms with Crippen LogP contribution in [0.2, 0.25) is 0 Å². The van der Waals surface area contributed by atoms with Crippen molar-refractivity contribution in [2.45, 2.75) is 30.3 Å². The number of ether oxygens (including phenoxy) is 2. The number of esters is 2. The van der Waals surface area contributed by atoms with Gasteiger partial charge in [0.2, 0.25) is 0 Å². The molecule has 4 atom stereocenters. The van der Waals surface area contributed by atoms with Crippen LogP contribution >= 0.6 is 15.9 Å². The molecule has 0 spiro atoms. The lowest BCUT2D eigenvalue weighted by Gasteiger charge is -2.48. The Hall–Kier alpha value is -4.51. The minimum Gasteiger partial charge on any atom is -0.497 e. The zero-order valence-corrected chi connectivity index (χ0v) is 23.8. The molecule has 9 nitrogen and oxygen atoms in total. The first-order valence-corrected chi connectivity index (χ1v) is 14.1. The van der Waals surface area contributed by atoms with Gasteiger partial charge in [-0.15, -0.1) is 0 Å². The van der Waals surface area contributed by atoms with E-state index in [4.69, 9.17) is 9.47 Å². The third kappa shape index (κ3) is 3.52. The molecule has 1 aromatic heterocycles. The number of para-hydroxylation sites is 1. The van der Waals surface area contributed by atoms with Crippen LogP contribution in [0, 0.1) is 11.7 Å².